The molecule has 0 radical (unpaired) electrons. The molecule has 1 aliphatic carbocycles. The molecule has 1 fully saturated rings. The molecule has 0 unspecified atom stereocenters. The molecule has 0 aliphatic heterocycles. The van der Waals surface area contributed by atoms with Gasteiger partial charge in [-0.3, -0.25) is 0 Å². The summed E-state index contributed by atoms with van der Waals surface area (Å²) in [6.45, 7) is -0.172. The van der Waals surface area contributed by atoms with Gasteiger partial charge in [0.15, 0.2) is 0 Å². The van der Waals surface area contributed by atoms with Crippen molar-refractivity contribution in [2.45, 2.75) is 38.0 Å². The van der Waals surface area contributed by atoms with Gasteiger partial charge in [0.25, 0.3) is 6.43 Å². The Morgan fingerprint density at radius 2 is 2.12 bits per heavy atom. The van der Waals surface area contributed by atoms with Gasteiger partial charge in [0, 0.05) is 17.8 Å². The smallest absolute Gasteiger partial charge is 0.258 e. The number of methoxy groups -OCH3 is 1. The van der Waals surface area contributed by atoms with Crippen LogP contribution in [0, 0.1) is 0 Å². The first-order chi connectivity index (χ1) is 16.1. The molecule has 12 heteroatoms. The van der Waals surface area contributed by atoms with Crippen LogP contribution in [0.15, 0.2) is 30.5 Å². The zero-order valence-corrected chi connectivity index (χ0v) is 17.9. The van der Waals surface area contributed by atoms with Gasteiger partial charge < -0.3 is 19.9 Å². The molecular weight excluding hydrogens is 436 g/mol. The highest BCUT2D eigenvalue weighted by molar-refractivity contribution is 5.89. The minimum atomic E-state index is -2.53. The SMILES string of the molecule is COc1nc(N[C@H]2C[C@@H](OCCO)C2)nn2ccc(-c3ccc4nnn(CC(F)F)c4c3)c12. The zero-order chi connectivity index (χ0) is 22.9. The number of hydrogen-bond acceptors (Lipinski definition) is 8. The molecule has 1 aromatic carbocycles. The molecule has 3 heterocycles. The number of ether oxygens (including phenoxy) is 2. The number of fused-ring (bicyclic) bond motifs is 2. The Hall–Kier alpha value is -3.38. The molecule has 33 heavy (non-hydrogen) atoms. The van der Waals surface area contributed by atoms with Crippen molar-refractivity contribution in [1.29, 1.82) is 0 Å². The highest BCUT2D eigenvalue weighted by Gasteiger charge is 2.30. The van der Waals surface area contributed by atoms with Crippen molar-refractivity contribution in [2.75, 3.05) is 25.6 Å². The topological polar surface area (TPSA) is 112 Å². The van der Waals surface area contributed by atoms with Crippen LogP contribution in [0.4, 0.5) is 14.7 Å². The van der Waals surface area contributed by atoms with E-state index in [4.69, 9.17) is 14.6 Å². The largest absolute Gasteiger partial charge is 0.479 e. The number of aliphatic hydroxyl groups excluding tert-OH is 1. The summed E-state index contributed by atoms with van der Waals surface area (Å²) < 4.78 is 39.7. The van der Waals surface area contributed by atoms with Crippen molar-refractivity contribution < 1.29 is 23.4 Å². The normalized spacial score (nSPS) is 18.2. The van der Waals surface area contributed by atoms with Gasteiger partial charge in [-0.05, 0) is 36.6 Å². The Labute approximate surface area is 187 Å². The molecule has 4 aromatic rings. The lowest BCUT2D eigenvalue weighted by molar-refractivity contribution is -0.0196. The van der Waals surface area contributed by atoms with E-state index in [-0.39, 0.29) is 18.8 Å². The first kappa shape index (κ1) is 21.5. The standard InChI is InChI=1S/C21H23F2N7O3/c1-32-20-19-15(12-2-3-16-17(8-12)30(28-26-16)11-18(22)23)4-5-29(19)27-21(25-20)24-13-9-14(10-13)33-7-6-31/h2-5,8,13-14,18,31H,6-7,9-11H2,1H3,(H,24,27)/t13-,14+. The Bertz CT molecular complexity index is 1270. The van der Waals surface area contributed by atoms with E-state index in [1.54, 1.807) is 22.8 Å². The summed E-state index contributed by atoms with van der Waals surface area (Å²) in [5.41, 5.74) is 3.31. The van der Waals surface area contributed by atoms with E-state index in [2.05, 4.69) is 25.7 Å². The van der Waals surface area contributed by atoms with Crippen molar-refractivity contribution in [1.82, 2.24) is 29.6 Å². The van der Waals surface area contributed by atoms with E-state index < -0.39 is 13.0 Å². The molecule has 0 amide bonds. The zero-order valence-electron chi connectivity index (χ0n) is 17.9. The second-order valence-electron chi connectivity index (χ2n) is 7.86. The van der Waals surface area contributed by atoms with Crippen LogP contribution in [-0.4, -0.2) is 73.6 Å². The molecule has 1 aliphatic rings. The Balaban J connectivity index is 1.43. The molecule has 1 saturated carbocycles. The fourth-order valence-electron chi connectivity index (χ4n) is 4.05. The number of benzene rings is 1. The van der Waals surface area contributed by atoms with Crippen LogP contribution in [0.3, 0.4) is 0 Å². The molecule has 0 spiro atoms. The maximum absolute atomic E-state index is 12.9. The van der Waals surface area contributed by atoms with Crippen molar-refractivity contribution >= 4 is 22.5 Å². The summed E-state index contributed by atoms with van der Waals surface area (Å²) in [5.74, 6) is 0.820. The number of anilines is 1. The fourth-order valence-corrected chi connectivity index (χ4v) is 4.05. The van der Waals surface area contributed by atoms with Crippen LogP contribution in [0.5, 0.6) is 5.88 Å². The molecule has 10 nitrogen and oxygen atoms in total. The Kier molecular flexibility index (Phi) is 5.77. The van der Waals surface area contributed by atoms with E-state index in [9.17, 15) is 8.78 Å². The van der Waals surface area contributed by atoms with Gasteiger partial charge in [-0.1, -0.05) is 11.3 Å². The van der Waals surface area contributed by atoms with Gasteiger partial charge in [-0.15, -0.1) is 10.2 Å². The van der Waals surface area contributed by atoms with Crippen LogP contribution in [-0.2, 0) is 11.3 Å². The summed E-state index contributed by atoms with van der Waals surface area (Å²) in [7, 11) is 1.54. The number of aromatic nitrogens is 6. The minimum absolute atomic E-state index is 0.0134. The number of alkyl halides is 2. The highest BCUT2D eigenvalue weighted by atomic mass is 19.3. The van der Waals surface area contributed by atoms with Crippen LogP contribution in [0.25, 0.3) is 27.7 Å². The third-order valence-electron chi connectivity index (χ3n) is 5.68. The van der Waals surface area contributed by atoms with Gasteiger partial charge >= 0.3 is 0 Å². The number of aliphatic hydroxyl groups is 1. The monoisotopic (exact) mass is 459 g/mol. The lowest BCUT2D eigenvalue weighted by atomic mass is 9.89. The van der Waals surface area contributed by atoms with Crippen LogP contribution < -0.4 is 10.1 Å². The predicted molar refractivity (Wildman–Crippen MR) is 116 cm³/mol. The lowest BCUT2D eigenvalue weighted by Crippen LogP contribution is -2.41. The number of nitrogens with zero attached hydrogens (tertiary/aromatic N) is 6. The number of rotatable bonds is 9. The first-order valence-corrected chi connectivity index (χ1v) is 10.6. The fraction of sp³-hybridized carbons (Fsp3) is 0.429. The van der Waals surface area contributed by atoms with Gasteiger partial charge in [0.05, 0.1) is 31.9 Å². The van der Waals surface area contributed by atoms with Crippen molar-refractivity contribution in [3.05, 3.63) is 30.5 Å². The lowest BCUT2D eigenvalue weighted by Gasteiger charge is -2.35. The molecule has 2 N–H and O–H groups in total. The second-order valence-corrected chi connectivity index (χ2v) is 7.86. The summed E-state index contributed by atoms with van der Waals surface area (Å²) in [5, 5.41) is 24.5. The van der Waals surface area contributed by atoms with Crippen LogP contribution in [0.1, 0.15) is 12.8 Å². The van der Waals surface area contributed by atoms with Crippen molar-refractivity contribution in [3.8, 4) is 17.0 Å². The maximum Gasteiger partial charge on any atom is 0.258 e. The molecule has 0 bridgehead atoms. The number of halogens is 2. The summed E-state index contributed by atoms with van der Waals surface area (Å²) in [4.78, 5) is 4.52. The number of hydrogen-bond donors (Lipinski definition) is 2. The van der Waals surface area contributed by atoms with E-state index in [0.717, 1.165) is 24.0 Å². The molecule has 3 aromatic heterocycles. The quantitative estimate of drug-likeness (QED) is 0.392. The average Bonchev–Trinajstić information content (AvgIpc) is 3.38. The van der Waals surface area contributed by atoms with E-state index >= 15 is 0 Å². The molecule has 174 valence electrons. The molecule has 0 saturated heterocycles. The Morgan fingerprint density at radius 3 is 2.88 bits per heavy atom. The average molecular weight is 459 g/mol. The third-order valence-corrected chi connectivity index (χ3v) is 5.68. The van der Waals surface area contributed by atoms with E-state index in [1.165, 1.54) is 11.8 Å². The van der Waals surface area contributed by atoms with E-state index in [0.29, 0.717) is 35.0 Å². The van der Waals surface area contributed by atoms with Crippen molar-refractivity contribution in [3.63, 3.8) is 0 Å². The van der Waals surface area contributed by atoms with Crippen LogP contribution >= 0.6 is 0 Å². The summed E-state index contributed by atoms with van der Waals surface area (Å²) in [6.07, 6.45) is 1.01. The second kappa shape index (κ2) is 8.87. The van der Waals surface area contributed by atoms with Crippen LogP contribution in [0.2, 0.25) is 0 Å². The molecule has 0 atom stereocenters. The maximum atomic E-state index is 12.9. The van der Waals surface area contributed by atoms with Gasteiger partial charge in [-0.25, -0.2) is 18.0 Å². The molecular formula is C21H23F2N7O3. The molecule has 5 rings (SSSR count). The highest BCUT2D eigenvalue weighted by Crippen LogP contribution is 2.33. The minimum Gasteiger partial charge on any atom is -0.479 e. The summed E-state index contributed by atoms with van der Waals surface area (Å²) in [6, 6.07) is 7.43. The predicted octanol–water partition coefficient (Wildman–Crippen LogP) is 2.37. The first-order valence-electron chi connectivity index (χ1n) is 10.6. The number of nitrogens with one attached hydrogen (secondary N) is 1. The van der Waals surface area contributed by atoms with Gasteiger partial charge in [-0.2, -0.15) is 4.98 Å². The Morgan fingerprint density at radius 1 is 1.27 bits per heavy atom. The van der Waals surface area contributed by atoms with Gasteiger partial charge in [0.2, 0.25) is 11.8 Å². The van der Waals surface area contributed by atoms with Gasteiger partial charge in [0.1, 0.15) is 17.6 Å². The third kappa shape index (κ3) is 4.18. The van der Waals surface area contributed by atoms with Crippen molar-refractivity contribution in [2.24, 2.45) is 0 Å². The van der Waals surface area contributed by atoms with E-state index in [1.807, 2.05) is 12.1 Å². The summed E-state index contributed by atoms with van der Waals surface area (Å²) >= 11 is 0.